The van der Waals surface area contributed by atoms with Crippen LogP contribution in [0.25, 0.3) is 5.69 Å². The molecule has 0 bridgehead atoms. The van der Waals surface area contributed by atoms with Crippen molar-refractivity contribution in [3.05, 3.63) is 89.0 Å². The van der Waals surface area contributed by atoms with Gasteiger partial charge >= 0.3 is 0 Å². The van der Waals surface area contributed by atoms with Crippen LogP contribution in [-0.2, 0) is 6.54 Å². The van der Waals surface area contributed by atoms with Crippen LogP contribution < -0.4 is 5.32 Å². The molecule has 0 aliphatic heterocycles. The molecule has 0 aliphatic rings. The maximum atomic E-state index is 13.2. The average Bonchev–Trinajstić information content (AvgIpc) is 2.87. The molecule has 1 heterocycles. The Kier molecular flexibility index (Phi) is 4.47. The highest BCUT2D eigenvalue weighted by Gasteiger charge is 2.12. The van der Waals surface area contributed by atoms with Crippen molar-refractivity contribution in [1.82, 2.24) is 9.88 Å². The van der Waals surface area contributed by atoms with Gasteiger partial charge in [-0.1, -0.05) is 24.3 Å². The van der Waals surface area contributed by atoms with Crippen LogP contribution >= 0.6 is 0 Å². The standard InChI is InChI=1S/C20H19FN2O/c1-14-11-17(15(2)23(14)19-9-4-3-5-10-19)13-22-20(24)16-7-6-8-18(21)12-16/h3-12H,13H2,1-2H3,(H,22,24). The van der Waals surface area contributed by atoms with E-state index in [1.165, 1.54) is 18.2 Å². The van der Waals surface area contributed by atoms with Gasteiger partial charge in [-0.05, 0) is 55.8 Å². The molecule has 2 aromatic carbocycles. The first kappa shape index (κ1) is 16.0. The summed E-state index contributed by atoms with van der Waals surface area (Å²) in [7, 11) is 0. The van der Waals surface area contributed by atoms with Crippen molar-refractivity contribution in [2.45, 2.75) is 20.4 Å². The minimum Gasteiger partial charge on any atom is -0.348 e. The topological polar surface area (TPSA) is 34.0 Å². The Morgan fingerprint density at radius 1 is 1.04 bits per heavy atom. The van der Waals surface area contributed by atoms with E-state index in [0.29, 0.717) is 12.1 Å². The first-order chi connectivity index (χ1) is 11.6. The highest BCUT2D eigenvalue weighted by Crippen LogP contribution is 2.20. The molecule has 24 heavy (non-hydrogen) atoms. The van der Waals surface area contributed by atoms with Crippen LogP contribution in [0.15, 0.2) is 60.7 Å². The maximum absolute atomic E-state index is 13.2. The van der Waals surface area contributed by atoms with Gasteiger partial charge in [0.25, 0.3) is 5.91 Å². The van der Waals surface area contributed by atoms with Crippen LogP contribution in [0.5, 0.6) is 0 Å². The summed E-state index contributed by atoms with van der Waals surface area (Å²) < 4.78 is 15.4. The molecule has 0 aliphatic carbocycles. The van der Waals surface area contributed by atoms with Crippen molar-refractivity contribution in [2.75, 3.05) is 0 Å². The van der Waals surface area contributed by atoms with Gasteiger partial charge < -0.3 is 9.88 Å². The quantitative estimate of drug-likeness (QED) is 0.769. The second-order valence-corrected chi connectivity index (χ2v) is 5.76. The minimum absolute atomic E-state index is 0.279. The van der Waals surface area contributed by atoms with Gasteiger partial charge in [-0.25, -0.2) is 4.39 Å². The number of benzene rings is 2. The number of nitrogens with zero attached hydrogens (tertiary/aromatic N) is 1. The maximum Gasteiger partial charge on any atom is 0.251 e. The lowest BCUT2D eigenvalue weighted by Crippen LogP contribution is -2.23. The molecular formula is C20H19FN2O. The molecule has 3 aromatic rings. The van der Waals surface area contributed by atoms with Gasteiger partial charge in [-0.2, -0.15) is 0 Å². The molecule has 0 unspecified atom stereocenters. The van der Waals surface area contributed by atoms with Crippen molar-refractivity contribution in [2.24, 2.45) is 0 Å². The lowest BCUT2D eigenvalue weighted by Gasteiger charge is -2.10. The lowest BCUT2D eigenvalue weighted by atomic mass is 10.2. The van der Waals surface area contributed by atoms with Crippen LogP contribution in [0.3, 0.4) is 0 Å². The van der Waals surface area contributed by atoms with Crippen LogP contribution in [0.4, 0.5) is 4.39 Å². The molecule has 0 atom stereocenters. The second-order valence-electron chi connectivity index (χ2n) is 5.76. The number of carbonyl (C=O) groups is 1. The van der Waals surface area contributed by atoms with E-state index in [1.807, 2.05) is 32.0 Å². The Labute approximate surface area is 140 Å². The Bertz CT molecular complexity index is 869. The van der Waals surface area contributed by atoms with E-state index in [1.54, 1.807) is 6.07 Å². The van der Waals surface area contributed by atoms with Gasteiger partial charge in [0, 0.05) is 29.2 Å². The number of hydrogen-bond donors (Lipinski definition) is 1. The highest BCUT2D eigenvalue weighted by atomic mass is 19.1. The smallest absolute Gasteiger partial charge is 0.251 e. The largest absolute Gasteiger partial charge is 0.348 e. The van der Waals surface area contributed by atoms with Crippen LogP contribution in [0.2, 0.25) is 0 Å². The number of amides is 1. The van der Waals surface area contributed by atoms with Crippen molar-refractivity contribution >= 4 is 5.91 Å². The van der Waals surface area contributed by atoms with Gasteiger partial charge in [0.1, 0.15) is 5.82 Å². The van der Waals surface area contributed by atoms with Crippen molar-refractivity contribution in [3.8, 4) is 5.69 Å². The van der Waals surface area contributed by atoms with E-state index >= 15 is 0 Å². The van der Waals surface area contributed by atoms with Gasteiger partial charge in [0.15, 0.2) is 0 Å². The number of rotatable bonds is 4. The third-order valence-electron chi connectivity index (χ3n) is 4.08. The van der Waals surface area contributed by atoms with Crippen molar-refractivity contribution < 1.29 is 9.18 Å². The number of nitrogens with one attached hydrogen (secondary N) is 1. The molecule has 1 aromatic heterocycles. The summed E-state index contributed by atoms with van der Waals surface area (Å²) in [5.41, 5.74) is 4.65. The van der Waals surface area contributed by atoms with Crippen LogP contribution in [-0.4, -0.2) is 10.5 Å². The van der Waals surface area contributed by atoms with Gasteiger partial charge in [-0.15, -0.1) is 0 Å². The van der Waals surface area contributed by atoms with E-state index in [4.69, 9.17) is 0 Å². The predicted molar refractivity (Wildman–Crippen MR) is 92.8 cm³/mol. The van der Waals surface area contributed by atoms with Crippen LogP contribution in [0, 0.1) is 19.7 Å². The third-order valence-corrected chi connectivity index (χ3v) is 4.08. The Morgan fingerprint density at radius 2 is 1.79 bits per heavy atom. The Balaban J connectivity index is 1.78. The molecule has 0 saturated heterocycles. The summed E-state index contributed by atoms with van der Waals surface area (Å²) in [6, 6.07) is 17.8. The number of para-hydroxylation sites is 1. The number of halogens is 1. The molecule has 0 saturated carbocycles. The molecule has 1 N–H and O–H groups in total. The zero-order valence-corrected chi connectivity index (χ0v) is 13.7. The number of hydrogen-bond acceptors (Lipinski definition) is 1. The van der Waals surface area contributed by atoms with E-state index in [0.717, 1.165) is 22.6 Å². The fraction of sp³-hybridized carbons (Fsp3) is 0.150. The molecule has 0 radical (unpaired) electrons. The number of aromatic nitrogens is 1. The zero-order valence-electron chi connectivity index (χ0n) is 13.7. The van der Waals surface area contributed by atoms with Crippen LogP contribution in [0.1, 0.15) is 27.3 Å². The van der Waals surface area contributed by atoms with Crippen molar-refractivity contribution in [1.29, 1.82) is 0 Å². The van der Waals surface area contributed by atoms with E-state index < -0.39 is 5.82 Å². The Hall–Kier alpha value is -2.88. The van der Waals surface area contributed by atoms with Crippen molar-refractivity contribution in [3.63, 3.8) is 0 Å². The zero-order chi connectivity index (χ0) is 17.1. The summed E-state index contributed by atoms with van der Waals surface area (Å²) in [4.78, 5) is 12.2. The van der Waals surface area contributed by atoms with E-state index in [9.17, 15) is 9.18 Å². The molecule has 1 amide bonds. The molecule has 0 fully saturated rings. The average molecular weight is 322 g/mol. The summed E-state index contributed by atoms with van der Waals surface area (Å²) in [6.07, 6.45) is 0. The molecule has 3 rings (SSSR count). The minimum atomic E-state index is -0.412. The second kappa shape index (κ2) is 6.71. The molecule has 0 spiro atoms. The summed E-state index contributed by atoms with van der Waals surface area (Å²) in [5.74, 6) is -0.691. The molecular weight excluding hydrogens is 303 g/mol. The number of carbonyl (C=O) groups excluding carboxylic acids is 1. The highest BCUT2D eigenvalue weighted by molar-refractivity contribution is 5.94. The summed E-state index contributed by atoms with van der Waals surface area (Å²) >= 11 is 0. The third kappa shape index (κ3) is 3.23. The molecule has 4 heteroatoms. The number of aryl methyl sites for hydroxylation is 1. The normalized spacial score (nSPS) is 10.6. The first-order valence-electron chi connectivity index (χ1n) is 7.83. The Morgan fingerprint density at radius 3 is 2.50 bits per heavy atom. The van der Waals surface area contributed by atoms with Gasteiger partial charge in [0.05, 0.1) is 0 Å². The summed E-state index contributed by atoms with van der Waals surface area (Å²) in [6.45, 7) is 4.48. The molecule has 3 nitrogen and oxygen atoms in total. The van der Waals surface area contributed by atoms with Gasteiger partial charge in [0.2, 0.25) is 0 Å². The van der Waals surface area contributed by atoms with E-state index in [-0.39, 0.29) is 5.91 Å². The first-order valence-corrected chi connectivity index (χ1v) is 7.83. The molecule has 122 valence electrons. The monoisotopic (exact) mass is 322 g/mol. The van der Waals surface area contributed by atoms with E-state index in [2.05, 4.69) is 28.1 Å². The lowest BCUT2D eigenvalue weighted by molar-refractivity contribution is 0.0950. The summed E-state index contributed by atoms with van der Waals surface area (Å²) in [5, 5.41) is 2.86. The fourth-order valence-corrected chi connectivity index (χ4v) is 2.89. The fourth-order valence-electron chi connectivity index (χ4n) is 2.89. The SMILES string of the molecule is Cc1cc(CNC(=O)c2cccc(F)c2)c(C)n1-c1ccccc1. The van der Waals surface area contributed by atoms with Gasteiger partial charge in [-0.3, -0.25) is 4.79 Å². The predicted octanol–water partition coefficient (Wildman–Crippen LogP) is 4.16.